The number of hydrogen-bond acceptors (Lipinski definition) is 1. The maximum atomic E-state index is 7.06. The second-order valence-electron chi connectivity index (χ2n) is 18.3. The van der Waals surface area contributed by atoms with Gasteiger partial charge in [-0.3, -0.25) is 0 Å². The van der Waals surface area contributed by atoms with Crippen molar-refractivity contribution < 1.29 is 4.42 Å². The van der Waals surface area contributed by atoms with Crippen LogP contribution in [0.25, 0.3) is 110 Å². The smallest absolute Gasteiger partial charge is 0.143 e. The van der Waals surface area contributed by atoms with E-state index in [1.807, 2.05) is 0 Å². The van der Waals surface area contributed by atoms with Crippen molar-refractivity contribution in [1.82, 2.24) is 0 Å². The van der Waals surface area contributed by atoms with Crippen LogP contribution >= 0.6 is 0 Å². The lowest BCUT2D eigenvalue weighted by Crippen LogP contribution is -2.15. The number of rotatable bonds is 3. The third-order valence-corrected chi connectivity index (χ3v) is 14.4. The predicted molar refractivity (Wildman–Crippen MR) is 258 cm³/mol. The molecule has 0 saturated carbocycles. The molecule has 0 fully saturated rings. The lowest BCUT2D eigenvalue weighted by Gasteiger charge is -2.23. The molecule has 0 radical (unpaired) electrons. The molecule has 1 heterocycles. The monoisotopic (exact) mass is 778 g/mol. The molecule has 10 aromatic carbocycles. The van der Waals surface area contributed by atoms with Crippen LogP contribution in [0.5, 0.6) is 0 Å². The highest BCUT2D eigenvalue weighted by atomic mass is 16.3. The molecule has 11 aromatic rings. The zero-order valence-electron chi connectivity index (χ0n) is 34.7. The van der Waals surface area contributed by atoms with Crippen LogP contribution in [0.15, 0.2) is 186 Å². The lowest BCUT2D eigenvalue weighted by atomic mass is 9.80. The van der Waals surface area contributed by atoms with Crippen molar-refractivity contribution in [2.75, 3.05) is 0 Å². The summed E-state index contributed by atoms with van der Waals surface area (Å²) in [5.74, 6) is 0. The van der Waals surface area contributed by atoms with Gasteiger partial charge in [0, 0.05) is 27.2 Å². The number of furan rings is 1. The third kappa shape index (κ3) is 4.61. The Morgan fingerprint density at radius 1 is 0.328 bits per heavy atom. The van der Waals surface area contributed by atoms with Crippen molar-refractivity contribution in [2.45, 2.75) is 38.5 Å². The lowest BCUT2D eigenvalue weighted by molar-refractivity contribution is 0.658. The van der Waals surface area contributed by atoms with Gasteiger partial charge in [-0.05, 0) is 129 Å². The summed E-state index contributed by atoms with van der Waals surface area (Å²) in [5.41, 5.74) is 19.6. The molecule has 1 heteroatoms. The minimum absolute atomic E-state index is 0.168. The van der Waals surface area contributed by atoms with E-state index in [-0.39, 0.29) is 10.8 Å². The van der Waals surface area contributed by atoms with E-state index in [2.05, 4.69) is 210 Å². The van der Waals surface area contributed by atoms with E-state index >= 15 is 0 Å². The van der Waals surface area contributed by atoms with Crippen LogP contribution < -0.4 is 0 Å². The van der Waals surface area contributed by atoms with Crippen molar-refractivity contribution in [3.63, 3.8) is 0 Å². The Morgan fingerprint density at radius 2 is 0.902 bits per heavy atom. The minimum Gasteiger partial charge on any atom is -0.455 e. The maximum absolute atomic E-state index is 7.06. The van der Waals surface area contributed by atoms with E-state index in [9.17, 15) is 0 Å². The van der Waals surface area contributed by atoms with Crippen molar-refractivity contribution in [3.8, 4) is 55.6 Å². The standard InChI is InChI=1S/C60H42O/c1-59(2)49-30-27-37(55-57-45-24-14-15-25-48(45)60(3,4)51(57)34-47-56-39-19-9-8-16-35(39)28-31-52(56)61-58(47)55)32-46(49)40-29-26-38(33-50(40)59)54-43-22-12-10-20-41(43)53(36-17-6-5-7-18-36)42-21-11-13-23-44(42)54/h5-34H,1-4H3. The quantitative estimate of drug-likeness (QED) is 0.163. The molecule has 61 heavy (non-hydrogen) atoms. The average molecular weight is 779 g/mol. The van der Waals surface area contributed by atoms with E-state index in [1.54, 1.807) is 0 Å². The highest BCUT2D eigenvalue weighted by molar-refractivity contribution is 6.24. The van der Waals surface area contributed by atoms with Gasteiger partial charge in [0.25, 0.3) is 0 Å². The third-order valence-electron chi connectivity index (χ3n) is 14.4. The molecule has 0 spiro atoms. The number of hydrogen-bond donors (Lipinski definition) is 0. The van der Waals surface area contributed by atoms with Crippen molar-refractivity contribution in [3.05, 3.63) is 204 Å². The fraction of sp³-hybridized carbons (Fsp3) is 0.100. The van der Waals surface area contributed by atoms with Crippen LogP contribution in [-0.4, -0.2) is 0 Å². The zero-order chi connectivity index (χ0) is 40.8. The van der Waals surface area contributed by atoms with Crippen LogP contribution in [0.4, 0.5) is 0 Å². The van der Waals surface area contributed by atoms with Crippen LogP contribution in [0, 0.1) is 0 Å². The molecular formula is C60H42O. The first-order valence-electron chi connectivity index (χ1n) is 21.6. The molecule has 0 unspecified atom stereocenters. The molecule has 13 rings (SSSR count). The summed E-state index contributed by atoms with van der Waals surface area (Å²) in [6.07, 6.45) is 0. The second kappa shape index (κ2) is 12.2. The van der Waals surface area contributed by atoms with Gasteiger partial charge in [-0.25, -0.2) is 0 Å². The summed E-state index contributed by atoms with van der Waals surface area (Å²) in [6, 6.07) is 67.8. The molecule has 1 aromatic heterocycles. The fourth-order valence-corrected chi connectivity index (χ4v) is 11.5. The molecule has 0 saturated heterocycles. The van der Waals surface area contributed by atoms with Crippen LogP contribution in [0.3, 0.4) is 0 Å². The van der Waals surface area contributed by atoms with Gasteiger partial charge in [0.05, 0.1) is 0 Å². The number of benzene rings is 10. The van der Waals surface area contributed by atoms with Gasteiger partial charge >= 0.3 is 0 Å². The van der Waals surface area contributed by atoms with Crippen LogP contribution in [0.1, 0.15) is 49.9 Å². The molecular weight excluding hydrogens is 737 g/mol. The molecule has 0 atom stereocenters. The maximum Gasteiger partial charge on any atom is 0.143 e. The Bertz CT molecular complexity index is 3630. The SMILES string of the molecule is CC1(C)c2ccc(-c3c4c(cc5c3oc3ccc6ccccc6c35)C(C)(C)c3ccccc3-4)cc2-c2ccc(-c3c4ccccc4c(-c4ccccc4)c4ccccc34)cc21. The Labute approximate surface area is 355 Å². The van der Waals surface area contributed by atoms with Gasteiger partial charge in [-0.15, -0.1) is 0 Å². The molecule has 1 nitrogen and oxygen atoms in total. The molecule has 0 N–H and O–H groups in total. The Kier molecular flexibility index (Phi) is 6.91. The highest BCUT2D eigenvalue weighted by Crippen LogP contribution is 2.58. The van der Waals surface area contributed by atoms with Crippen molar-refractivity contribution in [2.24, 2.45) is 0 Å². The Balaban J connectivity index is 1.05. The predicted octanol–water partition coefficient (Wildman–Crippen LogP) is 16.7. The first-order chi connectivity index (χ1) is 29.8. The van der Waals surface area contributed by atoms with Gasteiger partial charge in [0.2, 0.25) is 0 Å². The van der Waals surface area contributed by atoms with E-state index < -0.39 is 0 Å². The molecule has 2 aliphatic rings. The average Bonchev–Trinajstić information content (AvgIpc) is 3.87. The normalized spacial score (nSPS) is 14.5. The van der Waals surface area contributed by atoms with Gasteiger partial charge in [0.1, 0.15) is 11.2 Å². The summed E-state index contributed by atoms with van der Waals surface area (Å²) in [7, 11) is 0. The summed E-state index contributed by atoms with van der Waals surface area (Å²) in [4.78, 5) is 0. The van der Waals surface area contributed by atoms with Gasteiger partial charge in [0.15, 0.2) is 0 Å². The Hall–Kier alpha value is -7.22. The van der Waals surface area contributed by atoms with Crippen LogP contribution in [-0.2, 0) is 10.8 Å². The summed E-state index contributed by atoms with van der Waals surface area (Å²) < 4.78 is 7.06. The first kappa shape index (κ1) is 34.6. The van der Waals surface area contributed by atoms with E-state index in [0.717, 1.165) is 11.2 Å². The Morgan fingerprint density at radius 3 is 1.64 bits per heavy atom. The van der Waals surface area contributed by atoms with Gasteiger partial charge in [-0.2, -0.15) is 0 Å². The summed E-state index contributed by atoms with van der Waals surface area (Å²) in [5, 5.41) is 9.95. The molecule has 0 bridgehead atoms. The fourth-order valence-electron chi connectivity index (χ4n) is 11.5. The van der Waals surface area contributed by atoms with Crippen molar-refractivity contribution in [1.29, 1.82) is 0 Å². The van der Waals surface area contributed by atoms with Gasteiger partial charge < -0.3 is 4.42 Å². The van der Waals surface area contributed by atoms with E-state index in [4.69, 9.17) is 4.42 Å². The largest absolute Gasteiger partial charge is 0.455 e. The molecule has 288 valence electrons. The molecule has 0 amide bonds. The topological polar surface area (TPSA) is 13.1 Å². The van der Waals surface area contributed by atoms with E-state index in [1.165, 1.54) is 121 Å². The summed E-state index contributed by atoms with van der Waals surface area (Å²) >= 11 is 0. The molecule has 2 aliphatic carbocycles. The highest BCUT2D eigenvalue weighted by Gasteiger charge is 2.40. The minimum atomic E-state index is -0.199. The van der Waals surface area contributed by atoms with Crippen molar-refractivity contribution >= 4 is 54.3 Å². The number of fused-ring (bicyclic) bond motifs is 13. The second-order valence-corrected chi connectivity index (χ2v) is 18.3. The van der Waals surface area contributed by atoms with Gasteiger partial charge in [-0.1, -0.05) is 185 Å². The van der Waals surface area contributed by atoms with Crippen LogP contribution in [0.2, 0.25) is 0 Å². The summed E-state index contributed by atoms with van der Waals surface area (Å²) in [6.45, 7) is 9.57. The van der Waals surface area contributed by atoms with E-state index in [0.29, 0.717) is 0 Å². The zero-order valence-corrected chi connectivity index (χ0v) is 34.7. The molecule has 0 aliphatic heterocycles. The first-order valence-corrected chi connectivity index (χ1v) is 21.6.